The molecule has 160 valence electrons. The molecule has 0 heterocycles. The summed E-state index contributed by atoms with van der Waals surface area (Å²) in [6, 6.07) is 0. The molecule has 1 fully saturated rings. The van der Waals surface area contributed by atoms with Crippen LogP contribution in [0.25, 0.3) is 0 Å². The highest BCUT2D eigenvalue weighted by Crippen LogP contribution is 2.47. The van der Waals surface area contributed by atoms with Crippen molar-refractivity contribution in [3.8, 4) is 0 Å². The molecule has 4 heteroatoms. The van der Waals surface area contributed by atoms with Crippen molar-refractivity contribution in [2.75, 3.05) is 0 Å². The van der Waals surface area contributed by atoms with Gasteiger partial charge in [-0.25, -0.2) is 0 Å². The van der Waals surface area contributed by atoms with Gasteiger partial charge in [0.05, 0.1) is 0 Å². The minimum atomic E-state index is -2.07. The SMILES string of the molecule is CC(C)[C@@H]1/C2=C\C(=O)CCCCCCCC[C@@H]1[C@H](O[Si](C)(C)C(C)(C)C)C2=O. The summed E-state index contributed by atoms with van der Waals surface area (Å²) in [5.74, 6) is 0.915. The summed E-state index contributed by atoms with van der Waals surface area (Å²) in [7, 11) is -2.07. The number of fused-ring (bicyclic) bond motifs is 2. The molecule has 1 saturated carbocycles. The number of Topliss-reactive ketones (excluding diaryl/α,β-unsaturated/α-hetero) is 1. The van der Waals surface area contributed by atoms with Crippen LogP contribution in [0.2, 0.25) is 18.1 Å². The normalized spacial score (nSPS) is 30.4. The monoisotopic (exact) mass is 406 g/mol. The van der Waals surface area contributed by atoms with Crippen molar-refractivity contribution in [2.45, 2.75) is 110 Å². The zero-order valence-corrected chi connectivity index (χ0v) is 20.3. The fourth-order valence-electron chi connectivity index (χ4n) is 4.56. The maximum atomic E-state index is 13.5. The second-order valence-corrected chi connectivity index (χ2v) is 15.6. The van der Waals surface area contributed by atoms with Crippen LogP contribution in [0, 0.1) is 17.8 Å². The molecule has 0 unspecified atom stereocenters. The van der Waals surface area contributed by atoms with Crippen molar-refractivity contribution in [2.24, 2.45) is 17.8 Å². The van der Waals surface area contributed by atoms with Gasteiger partial charge in [-0.1, -0.05) is 66.7 Å². The van der Waals surface area contributed by atoms with E-state index in [0.717, 1.165) is 31.3 Å². The van der Waals surface area contributed by atoms with E-state index in [2.05, 4.69) is 47.7 Å². The van der Waals surface area contributed by atoms with Crippen LogP contribution in [0.15, 0.2) is 11.6 Å². The Bertz CT molecular complexity index is 597. The number of hydrogen-bond donors (Lipinski definition) is 0. The van der Waals surface area contributed by atoms with Gasteiger partial charge in [0.15, 0.2) is 19.9 Å². The molecule has 0 aromatic carbocycles. The van der Waals surface area contributed by atoms with Crippen molar-refractivity contribution in [3.05, 3.63) is 11.6 Å². The summed E-state index contributed by atoms with van der Waals surface area (Å²) in [6.07, 6.45) is 9.81. The molecule has 0 amide bonds. The molecule has 3 nitrogen and oxygen atoms in total. The maximum absolute atomic E-state index is 13.5. The number of carbonyl (C=O) groups is 2. The van der Waals surface area contributed by atoms with E-state index in [4.69, 9.17) is 4.43 Å². The second-order valence-electron chi connectivity index (χ2n) is 10.8. The average Bonchev–Trinajstić information content (AvgIpc) is 2.81. The van der Waals surface area contributed by atoms with Crippen LogP contribution in [0.5, 0.6) is 0 Å². The van der Waals surface area contributed by atoms with Crippen molar-refractivity contribution in [1.82, 2.24) is 0 Å². The minimum absolute atomic E-state index is 0.0638. The molecular weight excluding hydrogens is 364 g/mol. The summed E-state index contributed by atoms with van der Waals surface area (Å²) < 4.78 is 6.72. The maximum Gasteiger partial charge on any atom is 0.193 e. The zero-order chi connectivity index (χ0) is 21.1. The van der Waals surface area contributed by atoms with Crippen molar-refractivity contribution in [3.63, 3.8) is 0 Å². The first kappa shape index (κ1) is 23.5. The molecule has 28 heavy (non-hydrogen) atoms. The number of rotatable bonds is 3. The van der Waals surface area contributed by atoms with Gasteiger partial charge in [-0.2, -0.15) is 0 Å². The topological polar surface area (TPSA) is 43.4 Å². The molecule has 2 aliphatic rings. The Hall–Kier alpha value is -0.743. The van der Waals surface area contributed by atoms with Crippen molar-refractivity contribution >= 4 is 19.9 Å². The Labute approximate surface area is 173 Å². The Kier molecular flexibility index (Phi) is 7.88. The lowest BCUT2D eigenvalue weighted by molar-refractivity contribution is -0.122. The predicted molar refractivity (Wildman–Crippen MR) is 119 cm³/mol. The highest BCUT2D eigenvalue weighted by atomic mass is 28.4. The molecular formula is C24H42O3Si. The molecule has 2 bridgehead atoms. The third-order valence-electron chi connectivity index (χ3n) is 7.23. The summed E-state index contributed by atoms with van der Waals surface area (Å²) in [5, 5.41) is 0.0638. The predicted octanol–water partition coefficient (Wildman–Crippen LogP) is 6.48. The van der Waals surface area contributed by atoms with Crippen LogP contribution < -0.4 is 0 Å². The highest BCUT2D eigenvalue weighted by Gasteiger charge is 2.51. The van der Waals surface area contributed by atoms with E-state index in [9.17, 15) is 9.59 Å². The van der Waals surface area contributed by atoms with Crippen LogP contribution in [0.4, 0.5) is 0 Å². The number of ketones is 2. The van der Waals surface area contributed by atoms with Crippen LogP contribution in [-0.2, 0) is 14.0 Å². The Morgan fingerprint density at radius 3 is 2.14 bits per heavy atom. The van der Waals surface area contributed by atoms with Crippen LogP contribution >= 0.6 is 0 Å². The summed E-state index contributed by atoms with van der Waals surface area (Å²) in [4.78, 5) is 26.1. The zero-order valence-electron chi connectivity index (χ0n) is 19.3. The van der Waals surface area contributed by atoms with Crippen LogP contribution in [0.1, 0.15) is 86.0 Å². The Balaban J connectivity index is 2.42. The smallest absolute Gasteiger partial charge is 0.193 e. The Morgan fingerprint density at radius 1 is 1.00 bits per heavy atom. The van der Waals surface area contributed by atoms with E-state index in [0.29, 0.717) is 12.3 Å². The number of allylic oxidation sites excluding steroid dienone is 1. The molecule has 0 N–H and O–H groups in total. The first-order valence-corrected chi connectivity index (χ1v) is 14.3. The van der Waals surface area contributed by atoms with Crippen molar-refractivity contribution < 1.29 is 14.0 Å². The number of hydrogen-bond acceptors (Lipinski definition) is 3. The van der Waals surface area contributed by atoms with E-state index in [-0.39, 0.29) is 34.5 Å². The van der Waals surface area contributed by atoms with Gasteiger partial charge in [0.25, 0.3) is 0 Å². The first-order valence-electron chi connectivity index (χ1n) is 11.4. The fourth-order valence-corrected chi connectivity index (χ4v) is 5.83. The standard InChI is InChI=1S/C24H42O3Si/c1-17(2)21-19-15-13-11-9-8-10-12-14-18(25)16-20(21)22(26)23(19)27-28(6,7)24(3,4)5/h16-17,19,21,23H,8-15H2,1-7H3/b20-16+/t19-,21-,23-/m0/s1. The first-order chi connectivity index (χ1) is 13.0. The van der Waals surface area contributed by atoms with Gasteiger partial charge in [-0.3, -0.25) is 9.59 Å². The van der Waals surface area contributed by atoms with Gasteiger partial charge in [-0.15, -0.1) is 0 Å². The summed E-state index contributed by atoms with van der Waals surface area (Å²) in [5.41, 5.74) is 0.757. The third-order valence-corrected chi connectivity index (χ3v) is 11.7. The van der Waals surface area contributed by atoms with Gasteiger partial charge < -0.3 is 4.43 Å². The van der Waals surface area contributed by atoms with E-state index in [1.807, 2.05) is 0 Å². The molecule has 3 atom stereocenters. The molecule has 2 rings (SSSR count). The van der Waals surface area contributed by atoms with Crippen LogP contribution in [0.3, 0.4) is 0 Å². The van der Waals surface area contributed by atoms with E-state index >= 15 is 0 Å². The molecule has 0 spiro atoms. The van der Waals surface area contributed by atoms with Gasteiger partial charge in [0, 0.05) is 12.0 Å². The minimum Gasteiger partial charge on any atom is -0.406 e. The molecule has 0 aliphatic heterocycles. The highest BCUT2D eigenvalue weighted by molar-refractivity contribution is 6.74. The summed E-state index contributed by atoms with van der Waals surface area (Å²) >= 11 is 0. The Morgan fingerprint density at radius 2 is 1.57 bits per heavy atom. The van der Waals surface area contributed by atoms with E-state index < -0.39 is 8.32 Å². The lowest BCUT2D eigenvalue weighted by atomic mass is 9.80. The van der Waals surface area contributed by atoms with E-state index in [1.165, 1.54) is 19.3 Å². The lowest BCUT2D eigenvalue weighted by Gasteiger charge is -2.40. The molecule has 2 aliphatic carbocycles. The average molecular weight is 407 g/mol. The van der Waals surface area contributed by atoms with Gasteiger partial charge in [0.2, 0.25) is 0 Å². The second kappa shape index (κ2) is 9.38. The lowest BCUT2D eigenvalue weighted by Crippen LogP contribution is -2.47. The van der Waals surface area contributed by atoms with Crippen molar-refractivity contribution in [1.29, 1.82) is 0 Å². The third kappa shape index (κ3) is 5.44. The van der Waals surface area contributed by atoms with E-state index in [1.54, 1.807) is 6.08 Å². The van der Waals surface area contributed by atoms with Crippen LogP contribution in [-0.4, -0.2) is 26.0 Å². The molecule has 0 radical (unpaired) electrons. The molecule has 0 aromatic rings. The largest absolute Gasteiger partial charge is 0.406 e. The number of carbonyl (C=O) groups excluding carboxylic acids is 2. The quantitative estimate of drug-likeness (QED) is 0.504. The molecule has 0 saturated heterocycles. The molecule has 0 aromatic heterocycles. The van der Waals surface area contributed by atoms with Gasteiger partial charge in [0.1, 0.15) is 6.10 Å². The van der Waals surface area contributed by atoms with Gasteiger partial charge >= 0.3 is 0 Å². The summed E-state index contributed by atoms with van der Waals surface area (Å²) in [6.45, 7) is 15.5. The fraction of sp³-hybridized carbons (Fsp3) is 0.833. The van der Waals surface area contributed by atoms with Gasteiger partial charge in [-0.05, 0) is 54.8 Å².